The molecule has 0 amide bonds. The van der Waals surface area contributed by atoms with Crippen LogP contribution in [0.3, 0.4) is 0 Å². The Morgan fingerprint density at radius 2 is 0.462 bits per heavy atom. The SMILES string of the molecule is CCOCC.CS(C)=O.CS(C)=O.CS(C)=O.CS(C)=O.CS(C)=O.CS(C)=O.N[C@@H](C[S-])C(=O)O.N[C@@H](C[S-])C(=O)O.N[C@@H](C[S-])C(=O)O.N[C@@H](C[S-])C(=O)O.[Cl-].[Cl-].[Cl-].[Cl-].[Pd+2].[Pd+2].[Pd+2].[Pd+2]. The molecule has 0 aromatic rings. The molecule has 0 aromatic carbocycles. The van der Waals surface area contributed by atoms with Gasteiger partial charge in [0.2, 0.25) is 0 Å². The fourth-order valence-corrected chi connectivity index (χ4v) is 1.06. The Labute approximate surface area is 506 Å². The summed E-state index contributed by atoms with van der Waals surface area (Å²) in [5.41, 5.74) is 19.6. The predicted molar refractivity (Wildman–Crippen MR) is 253 cm³/mol. The van der Waals surface area contributed by atoms with Crippen molar-refractivity contribution in [3.8, 4) is 0 Å². The van der Waals surface area contributed by atoms with E-state index in [9.17, 15) is 44.4 Å². The Bertz CT molecular complexity index is 898. The van der Waals surface area contributed by atoms with Crippen LogP contribution in [0, 0.1) is 0 Å². The van der Waals surface area contributed by atoms with Crippen LogP contribution in [-0.4, -0.2) is 205 Å². The Kier molecular flexibility index (Phi) is 213. The summed E-state index contributed by atoms with van der Waals surface area (Å²) < 4.78 is 62.2. The first-order chi connectivity index (χ1) is 25.5. The molecule has 0 aliphatic carbocycles. The van der Waals surface area contributed by atoms with Gasteiger partial charge < -0.3 is 148 Å². The fraction of sp³-hybridized carbons (Fsp3) is 0.857. The minimum absolute atomic E-state index is 0. The standard InChI is InChI=1S/C4H10O.4C3H7NO2S.6C2H6OS.4ClH.4Pd/c1-3-5-4-2;4*4-2(1-7)3(5)6;6*1-4(2)3;;;;;;;;/h3-4H2,1-2H3;4*2,7H,1,4H2,(H,5,6);6*1-2H3;4*1H;;;;/q;;;;;;;;;;;;;;;4*+2/p-8/t;4*2-;;;;;;;;;;;;;;/m.0000............../s1. The van der Waals surface area contributed by atoms with Crippen LogP contribution in [0.5, 0.6) is 0 Å². The molecule has 19 nitrogen and oxygen atoms in total. The topological polar surface area (TPSA) is 365 Å². The zero-order valence-corrected chi connectivity index (χ0v) is 55.4. The molecule has 420 valence electrons. The zero-order chi connectivity index (χ0) is 49.0. The van der Waals surface area contributed by atoms with Crippen LogP contribution in [0.15, 0.2) is 0 Å². The Balaban J connectivity index is -0.0000000210. The van der Waals surface area contributed by atoms with Crippen LogP contribution in [0.1, 0.15) is 13.8 Å². The minimum atomic E-state index is -1.03. The average Bonchev–Trinajstić information content (AvgIpc) is 3.02. The summed E-state index contributed by atoms with van der Waals surface area (Å²) in [7, 11) is -3.67. The third-order valence-electron chi connectivity index (χ3n) is 2.40. The normalized spacial score (nSPS) is 9.66. The first-order valence-electron chi connectivity index (χ1n) is 14.9. The Morgan fingerprint density at radius 1 is 0.385 bits per heavy atom. The number of rotatable bonds is 10. The second-order valence-corrected chi connectivity index (χ2v) is 19.9. The average molecular weight is 1590 g/mol. The van der Waals surface area contributed by atoms with Gasteiger partial charge in [0.1, 0.15) is 0 Å². The summed E-state index contributed by atoms with van der Waals surface area (Å²) in [6, 6.07) is -3.46. The third kappa shape index (κ3) is 331. The number of ether oxygens (including phenoxy) is 1. The number of hydrogen-bond donors (Lipinski definition) is 8. The quantitative estimate of drug-likeness (QED) is 0.0744. The third-order valence-corrected chi connectivity index (χ3v) is 3.83. The van der Waals surface area contributed by atoms with Gasteiger partial charge in [-0.15, -0.1) is 0 Å². The molecule has 0 radical (unpaired) electrons. The first kappa shape index (κ1) is 128. The van der Waals surface area contributed by atoms with E-state index in [1.165, 1.54) is 0 Å². The molecular weight excluding hydrogens is 1520 g/mol. The fourth-order valence-electron chi connectivity index (χ4n) is 0.489. The van der Waals surface area contributed by atoms with E-state index in [2.05, 4.69) is 50.5 Å². The molecule has 0 unspecified atom stereocenters. The number of carbonyl (C=O) groups is 4. The summed E-state index contributed by atoms with van der Waals surface area (Å²) in [5, 5.41) is 32.0. The largest absolute Gasteiger partial charge is 2.00 e. The number of carboxylic acids is 4. The molecule has 0 bridgehead atoms. The van der Waals surface area contributed by atoms with E-state index in [-0.39, 0.29) is 154 Å². The summed E-state index contributed by atoms with van der Waals surface area (Å²) in [6.07, 6.45) is 19.7. The van der Waals surface area contributed by atoms with Crippen molar-refractivity contribution in [3.63, 3.8) is 0 Å². The van der Waals surface area contributed by atoms with E-state index in [1.807, 2.05) is 13.8 Å². The predicted octanol–water partition coefficient (Wildman–Crippen LogP) is -15.2. The van der Waals surface area contributed by atoms with Crippen LogP contribution in [0.25, 0.3) is 0 Å². The summed E-state index contributed by atoms with van der Waals surface area (Å²) >= 11 is 17.4. The van der Waals surface area contributed by atoms with Crippen molar-refractivity contribution in [2.45, 2.75) is 38.0 Å². The van der Waals surface area contributed by atoms with Gasteiger partial charge in [-0.25, -0.2) is 0 Å². The van der Waals surface area contributed by atoms with Crippen molar-refractivity contribution in [1.82, 2.24) is 0 Å². The number of aliphatic carboxylic acids is 4. The van der Waals surface area contributed by atoms with E-state index < -0.39 is 113 Å². The van der Waals surface area contributed by atoms with Crippen molar-refractivity contribution in [2.75, 3.05) is 111 Å². The van der Waals surface area contributed by atoms with E-state index in [0.717, 1.165) is 13.2 Å². The smallest absolute Gasteiger partial charge is 1.00 e. The molecule has 12 N–H and O–H groups in total. The molecule has 37 heteroatoms. The number of hydrogen-bond acceptors (Lipinski definition) is 19. The minimum Gasteiger partial charge on any atom is -1.00 e. The van der Waals surface area contributed by atoms with Crippen LogP contribution >= 0.6 is 0 Å². The zero-order valence-electron chi connectivity index (χ0n) is 38.0. The monoisotopic (exact) mass is 1590 g/mol. The Morgan fingerprint density at radius 3 is 0.462 bits per heavy atom. The van der Waals surface area contributed by atoms with E-state index in [0.29, 0.717) is 0 Å². The van der Waals surface area contributed by atoms with Crippen molar-refractivity contribution in [2.24, 2.45) is 22.9 Å². The van der Waals surface area contributed by atoms with E-state index >= 15 is 0 Å². The molecular formula is C28H70Cl4N4O15Pd4S10. The van der Waals surface area contributed by atoms with Crippen molar-refractivity contribution in [3.05, 3.63) is 0 Å². The maximum atomic E-state index is 9.74. The van der Waals surface area contributed by atoms with Crippen LogP contribution in [0.2, 0.25) is 0 Å². The van der Waals surface area contributed by atoms with Gasteiger partial charge in [-0.2, -0.15) is 23.0 Å². The number of halogens is 4. The summed E-state index contributed by atoms with van der Waals surface area (Å²) in [6.45, 7) is 5.67. The molecule has 0 aliphatic rings. The van der Waals surface area contributed by atoms with Gasteiger partial charge in [0, 0.05) is 153 Å². The molecule has 0 aromatic heterocycles. The second kappa shape index (κ2) is 109. The van der Waals surface area contributed by atoms with E-state index in [4.69, 9.17) is 48.1 Å². The van der Waals surface area contributed by atoms with Crippen LogP contribution < -0.4 is 72.6 Å². The van der Waals surface area contributed by atoms with Gasteiger partial charge in [-0.1, -0.05) is 0 Å². The van der Waals surface area contributed by atoms with Gasteiger partial charge in [0.15, 0.2) is 0 Å². The molecule has 0 fully saturated rings. The van der Waals surface area contributed by atoms with Crippen LogP contribution in [0.4, 0.5) is 0 Å². The van der Waals surface area contributed by atoms with Gasteiger partial charge in [-0.3, -0.25) is 44.4 Å². The molecule has 0 spiro atoms. The molecule has 0 saturated heterocycles. The van der Waals surface area contributed by atoms with E-state index in [1.54, 1.807) is 75.1 Å². The maximum absolute atomic E-state index is 9.74. The first-order valence-corrected chi connectivity index (χ1v) is 29.0. The van der Waals surface area contributed by atoms with Crippen molar-refractivity contribution < 1.29 is 201 Å². The molecule has 4 atom stereocenters. The van der Waals surface area contributed by atoms with Gasteiger partial charge in [0.05, 0.1) is 24.2 Å². The molecule has 0 rings (SSSR count). The summed E-state index contributed by atoms with van der Waals surface area (Å²) in [5.74, 6) is -3.81. The van der Waals surface area contributed by atoms with Crippen molar-refractivity contribution in [1.29, 1.82) is 0 Å². The number of carboxylic acid groups (broad SMARTS) is 4. The van der Waals surface area contributed by atoms with Gasteiger partial charge in [-0.05, 0) is 13.8 Å². The maximum Gasteiger partial charge on any atom is 2.00 e. The van der Waals surface area contributed by atoms with Gasteiger partial charge in [0.25, 0.3) is 0 Å². The molecule has 0 aliphatic heterocycles. The Hall–Kier alpha value is 3.79. The van der Waals surface area contributed by atoms with Crippen molar-refractivity contribution >= 4 is 139 Å². The molecule has 0 saturated carbocycles. The molecule has 0 heterocycles. The number of nitrogens with two attached hydrogens (primary N) is 4. The molecule has 65 heavy (non-hydrogen) atoms. The van der Waals surface area contributed by atoms with Gasteiger partial charge >= 0.3 is 106 Å². The second-order valence-electron chi connectivity index (χ2n) is 9.68. The van der Waals surface area contributed by atoms with Crippen LogP contribution in [-0.2, 0) is 221 Å². The summed E-state index contributed by atoms with van der Waals surface area (Å²) in [4.78, 5) is 39.0.